The van der Waals surface area contributed by atoms with Crippen LogP contribution in [0.3, 0.4) is 0 Å². The predicted octanol–water partition coefficient (Wildman–Crippen LogP) is 2.78. The van der Waals surface area contributed by atoms with Gasteiger partial charge in [0.05, 0.1) is 0 Å². The van der Waals surface area contributed by atoms with Crippen molar-refractivity contribution in [3.05, 3.63) is 29.8 Å². The molecule has 0 aromatic heterocycles. The first-order chi connectivity index (χ1) is 8.29. The zero-order valence-electron chi connectivity index (χ0n) is 11.2. The van der Waals surface area contributed by atoms with E-state index in [2.05, 4.69) is 48.0 Å². The van der Waals surface area contributed by atoms with Crippen LogP contribution in [0.15, 0.2) is 24.3 Å². The molecule has 2 nitrogen and oxygen atoms in total. The van der Waals surface area contributed by atoms with E-state index in [4.69, 9.17) is 0 Å². The van der Waals surface area contributed by atoms with Crippen molar-refractivity contribution in [2.24, 2.45) is 0 Å². The van der Waals surface area contributed by atoms with Gasteiger partial charge < -0.3 is 9.80 Å². The molecule has 1 aliphatic rings. The number of hydrogen-bond donors (Lipinski definition) is 0. The Kier molecular flexibility index (Phi) is 4.43. The highest BCUT2D eigenvalue weighted by Gasteiger charge is 2.14. The maximum atomic E-state index is 2.51. The van der Waals surface area contributed by atoms with Gasteiger partial charge in [0, 0.05) is 31.9 Å². The Morgan fingerprint density at radius 2 is 1.88 bits per heavy atom. The molecule has 1 fully saturated rings. The molecule has 2 heteroatoms. The molecule has 0 bridgehead atoms. The van der Waals surface area contributed by atoms with E-state index in [1.807, 2.05) is 0 Å². The zero-order valence-corrected chi connectivity index (χ0v) is 11.2. The number of unbranched alkanes of at least 4 members (excludes halogenated alkanes) is 1. The van der Waals surface area contributed by atoms with E-state index in [9.17, 15) is 0 Å². The van der Waals surface area contributed by atoms with Gasteiger partial charge in [0.15, 0.2) is 0 Å². The molecule has 1 heterocycles. The van der Waals surface area contributed by atoms with Crippen LogP contribution in [0.2, 0.25) is 0 Å². The Balaban J connectivity index is 2.00. The highest BCUT2D eigenvalue weighted by molar-refractivity contribution is 5.49. The van der Waals surface area contributed by atoms with Crippen LogP contribution >= 0.6 is 0 Å². The summed E-state index contributed by atoms with van der Waals surface area (Å²) >= 11 is 0. The molecule has 17 heavy (non-hydrogen) atoms. The summed E-state index contributed by atoms with van der Waals surface area (Å²) in [5, 5.41) is 0. The molecule has 1 aromatic carbocycles. The summed E-state index contributed by atoms with van der Waals surface area (Å²) in [6.45, 7) is 6.93. The van der Waals surface area contributed by atoms with Crippen molar-refractivity contribution in [3.8, 4) is 0 Å². The molecule has 0 radical (unpaired) electrons. The molecule has 0 N–H and O–H groups in total. The number of hydrogen-bond acceptors (Lipinski definition) is 2. The maximum absolute atomic E-state index is 2.51. The third-order valence-corrected chi connectivity index (χ3v) is 3.60. The van der Waals surface area contributed by atoms with Gasteiger partial charge in [-0.05, 0) is 37.6 Å². The molecule has 0 amide bonds. The van der Waals surface area contributed by atoms with Gasteiger partial charge >= 0.3 is 0 Å². The SMILES string of the molecule is CCCCc1cccc(N2CCN(C)CC2)c1. The minimum atomic E-state index is 1.16. The van der Waals surface area contributed by atoms with Crippen molar-refractivity contribution in [3.63, 3.8) is 0 Å². The highest BCUT2D eigenvalue weighted by Crippen LogP contribution is 2.18. The fourth-order valence-corrected chi connectivity index (χ4v) is 2.35. The number of likely N-dealkylation sites (N-methyl/N-ethyl adjacent to an activating group) is 1. The Morgan fingerprint density at radius 3 is 2.59 bits per heavy atom. The molecular formula is C15H24N2. The summed E-state index contributed by atoms with van der Waals surface area (Å²) in [7, 11) is 2.20. The standard InChI is InChI=1S/C15H24N2/c1-3-4-6-14-7-5-8-15(13-14)17-11-9-16(2)10-12-17/h5,7-8,13H,3-4,6,9-12H2,1-2H3. The summed E-state index contributed by atoms with van der Waals surface area (Å²) in [5.74, 6) is 0. The first-order valence-electron chi connectivity index (χ1n) is 6.82. The van der Waals surface area contributed by atoms with Gasteiger partial charge in [-0.3, -0.25) is 0 Å². The second kappa shape index (κ2) is 6.06. The lowest BCUT2D eigenvalue weighted by molar-refractivity contribution is 0.313. The van der Waals surface area contributed by atoms with E-state index in [0.717, 1.165) is 13.1 Å². The zero-order chi connectivity index (χ0) is 12.1. The summed E-state index contributed by atoms with van der Waals surface area (Å²) in [6, 6.07) is 9.09. The molecule has 94 valence electrons. The van der Waals surface area contributed by atoms with E-state index < -0.39 is 0 Å². The second-order valence-electron chi connectivity index (χ2n) is 5.06. The summed E-state index contributed by atoms with van der Waals surface area (Å²) < 4.78 is 0. The third kappa shape index (κ3) is 3.47. The third-order valence-electron chi connectivity index (χ3n) is 3.60. The monoisotopic (exact) mass is 232 g/mol. The minimum Gasteiger partial charge on any atom is -0.369 e. The van der Waals surface area contributed by atoms with Crippen LogP contribution in [-0.4, -0.2) is 38.1 Å². The van der Waals surface area contributed by atoms with Crippen molar-refractivity contribution in [2.45, 2.75) is 26.2 Å². The van der Waals surface area contributed by atoms with E-state index in [0.29, 0.717) is 0 Å². The van der Waals surface area contributed by atoms with Crippen molar-refractivity contribution in [1.29, 1.82) is 0 Å². The van der Waals surface area contributed by atoms with E-state index in [1.165, 1.54) is 43.6 Å². The Bertz CT molecular complexity index is 341. The van der Waals surface area contributed by atoms with Gasteiger partial charge in [0.2, 0.25) is 0 Å². The number of anilines is 1. The maximum Gasteiger partial charge on any atom is 0.0369 e. The lowest BCUT2D eigenvalue weighted by Gasteiger charge is -2.34. The summed E-state index contributed by atoms with van der Waals surface area (Å²) in [6.07, 6.45) is 3.79. The summed E-state index contributed by atoms with van der Waals surface area (Å²) in [5.41, 5.74) is 2.90. The smallest absolute Gasteiger partial charge is 0.0369 e. The van der Waals surface area contributed by atoms with Crippen molar-refractivity contribution >= 4 is 5.69 Å². The van der Waals surface area contributed by atoms with Gasteiger partial charge in [-0.2, -0.15) is 0 Å². The number of aryl methyl sites for hydroxylation is 1. The molecule has 2 rings (SSSR count). The molecule has 1 saturated heterocycles. The Hall–Kier alpha value is -1.02. The Morgan fingerprint density at radius 1 is 1.12 bits per heavy atom. The second-order valence-corrected chi connectivity index (χ2v) is 5.06. The Labute approximate surface area is 105 Å². The van der Waals surface area contributed by atoms with Crippen molar-refractivity contribution in [1.82, 2.24) is 4.90 Å². The average molecular weight is 232 g/mol. The van der Waals surface area contributed by atoms with Crippen LogP contribution in [0.25, 0.3) is 0 Å². The van der Waals surface area contributed by atoms with Gasteiger partial charge in [-0.1, -0.05) is 25.5 Å². The van der Waals surface area contributed by atoms with Crippen molar-refractivity contribution in [2.75, 3.05) is 38.1 Å². The molecular weight excluding hydrogens is 208 g/mol. The number of nitrogens with zero attached hydrogens (tertiary/aromatic N) is 2. The highest BCUT2D eigenvalue weighted by atomic mass is 15.2. The molecule has 0 aliphatic carbocycles. The van der Waals surface area contributed by atoms with Gasteiger partial charge in [-0.15, -0.1) is 0 Å². The minimum absolute atomic E-state index is 1.16. The lowest BCUT2D eigenvalue weighted by Crippen LogP contribution is -2.44. The fraction of sp³-hybridized carbons (Fsp3) is 0.600. The molecule has 1 aromatic rings. The molecule has 1 aliphatic heterocycles. The topological polar surface area (TPSA) is 6.48 Å². The van der Waals surface area contributed by atoms with Gasteiger partial charge in [0.25, 0.3) is 0 Å². The van der Waals surface area contributed by atoms with Crippen LogP contribution in [0, 0.1) is 0 Å². The van der Waals surface area contributed by atoms with Gasteiger partial charge in [-0.25, -0.2) is 0 Å². The van der Waals surface area contributed by atoms with E-state index in [-0.39, 0.29) is 0 Å². The van der Waals surface area contributed by atoms with Crippen LogP contribution in [0.5, 0.6) is 0 Å². The average Bonchev–Trinajstić information content (AvgIpc) is 2.37. The predicted molar refractivity (Wildman–Crippen MR) is 74.8 cm³/mol. The van der Waals surface area contributed by atoms with Crippen molar-refractivity contribution < 1.29 is 0 Å². The fourth-order valence-electron chi connectivity index (χ4n) is 2.35. The number of benzene rings is 1. The van der Waals surface area contributed by atoms with Crippen LogP contribution in [0.4, 0.5) is 5.69 Å². The normalized spacial score (nSPS) is 17.4. The first-order valence-corrected chi connectivity index (χ1v) is 6.82. The molecule has 0 unspecified atom stereocenters. The van der Waals surface area contributed by atoms with Crippen LogP contribution in [0.1, 0.15) is 25.3 Å². The van der Waals surface area contributed by atoms with E-state index >= 15 is 0 Å². The first kappa shape index (κ1) is 12.4. The van der Waals surface area contributed by atoms with Crippen LogP contribution in [-0.2, 0) is 6.42 Å². The number of rotatable bonds is 4. The largest absolute Gasteiger partial charge is 0.369 e. The van der Waals surface area contributed by atoms with E-state index in [1.54, 1.807) is 0 Å². The molecule has 0 saturated carbocycles. The molecule has 0 spiro atoms. The summed E-state index contributed by atoms with van der Waals surface area (Å²) in [4.78, 5) is 4.91. The molecule has 0 atom stereocenters. The quantitative estimate of drug-likeness (QED) is 0.787. The lowest BCUT2D eigenvalue weighted by atomic mass is 10.1. The van der Waals surface area contributed by atoms with Gasteiger partial charge in [0.1, 0.15) is 0 Å². The van der Waals surface area contributed by atoms with Crippen LogP contribution < -0.4 is 4.90 Å². The number of piperazine rings is 1.